The van der Waals surface area contributed by atoms with Gasteiger partial charge in [0, 0.05) is 24.6 Å². The summed E-state index contributed by atoms with van der Waals surface area (Å²) < 4.78 is 10.8. The Kier molecular flexibility index (Phi) is 6.00. The molecule has 2 heterocycles. The number of hydrogen-bond donors (Lipinski definition) is 2. The lowest BCUT2D eigenvalue weighted by Gasteiger charge is -2.15. The van der Waals surface area contributed by atoms with Gasteiger partial charge in [0.1, 0.15) is 18.1 Å². The minimum atomic E-state index is 0.270. The Morgan fingerprint density at radius 2 is 1.88 bits per heavy atom. The van der Waals surface area contributed by atoms with Gasteiger partial charge in [-0.3, -0.25) is 0 Å². The van der Waals surface area contributed by atoms with Gasteiger partial charge in [0.15, 0.2) is 5.96 Å². The van der Waals surface area contributed by atoms with Gasteiger partial charge in [0.25, 0.3) is 0 Å². The lowest BCUT2D eigenvalue weighted by atomic mass is 10.00. The van der Waals surface area contributed by atoms with E-state index in [1.54, 1.807) is 0 Å². The number of guanidine groups is 1. The van der Waals surface area contributed by atoms with Crippen molar-refractivity contribution in [3.05, 3.63) is 34.4 Å². The maximum absolute atomic E-state index is 5.56. The molecule has 0 spiro atoms. The molecular formula is C17H27N5O2. The van der Waals surface area contributed by atoms with Crippen LogP contribution in [0.15, 0.2) is 13.9 Å². The molecule has 0 amide bonds. The average Bonchev–Trinajstić information content (AvgIpc) is 3.04. The Bertz CT molecular complexity index is 663. The van der Waals surface area contributed by atoms with E-state index < -0.39 is 0 Å². The first kappa shape index (κ1) is 18.0. The highest BCUT2D eigenvalue weighted by molar-refractivity contribution is 5.79. The number of rotatable bonds is 6. The first-order valence-electron chi connectivity index (χ1n) is 8.30. The molecule has 0 fully saturated rings. The molecule has 0 aliphatic rings. The van der Waals surface area contributed by atoms with Crippen molar-refractivity contribution in [2.45, 2.75) is 54.0 Å². The van der Waals surface area contributed by atoms with Gasteiger partial charge in [-0.1, -0.05) is 12.1 Å². The minimum absolute atomic E-state index is 0.270. The summed E-state index contributed by atoms with van der Waals surface area (Å²) in [4.78, 5) is 8.89. The molecule has 7 heteroatoms. The molecule has 7 nitrogen and oxygen atoms in total. The summed E-state index contributed by atoms with van der Waals surface area (Å²) in [5.41, 5.74) is 3.00. The predicted molar refractivity (Wildman–Crippen MR) is 93.2 cm³/mol. The van der Waals surface area contributed by atoms with Crippen LogP contribution in [0, 0.1) is 27.7 Å². The number of aromatic nitrogens is 2. The third kappa shape index (κ3) is 4.37. The molecule has 0 aliphatic carbocycles. The van der Waals surface area contributed by atoms with E-state index in [0.29, 0.717) is 12.4 Å². The molecule has 1 unspecified atom stereocenters. The molecule has 0 radical (unpaired) electrons. The Balaban J connectivity index is 1.98. The zero-order valence-corrected chi connectivity index (χ0v) is 15.4. The standard InChI is InChI=1S/C17H27N5O2/c1-7-18-17(20-9-15-21-11(3)13(5)23-15)19-8-10(2)16-12(4)22-24-14(16)6/h10H,7-9H2,1-6H3,(H2,18,19,20). The highest BCUT2D eigenvalue weighted by Gasteiger charge is 2.16. The van der Waals surface area contributed by atoms with Gasteiger partial charge >= 0.3 is 0 Å². The van der Waals surface area contributed by atoms with E-state index in [1.165, 1.54) is 0 Å². The molecule has 24 heavy (non-hydrogen) atoms. The molecule has 132 valence electrons. The molecular weight excluding hydrogens is 306 g/mol. The van der Waals surface area contributed by atoms with E-state index in [4.69, 9.17) is 8.94 Å². The van der Waals surface area contributed by atoms with Crippen LogP contribution in [0.5, 0.6) is 0 Å². The van der Waals surface area contributed by atoms with Gasteiger partial charge < -0.3 is 19.6 Å². The largest absolute Gasteiger partial charge is 0.444 e. The number of oxazole rings is 1. The van der Waals surface area contributed by atoms with Crippen LogP contribution < -0.4 is 10.6 Å². The van der Waals surface area contributed by atoms with E-state index in [9.17, 15) is 0 Å². The first-order valence-corrected chi connectivity index (χ1v) is 8.30. The second kappa shape index (κ2) is 7.99. The Morgan fingerprint density at radius 3 is 2.42 bits per heavy atom. The lowest BCUT2D eigenvalue weighted by Crippen LogP contribution is -2.39. The Labute approximate surface area is 142 Å². The Morgan fingerprint density at radius 1 is 1.12 bits per heavy atom. The summed E-state index contributed by atoms with van der Waals surface area (Å²) in [5.74, 6) is 3.34. The third-order valence-electron chi connectivity index (χ3n) is 3.95. The third-order valence-corrected chi connectivity index (χ3v) is 3.95. The van der Waals surface area contributed by atoms with Crippen LogP contribution in [0.1, 0.15) is 54.1 Å². The zero-order chi connectivity index (χ0) is 17.7. The van der Waals surface area contributed by atoms with Crippen LogP contribution in [0.3, 0.4) is 0 Å². The maximum atomic E-state index is 5.56. The van der Waals surface area contributed by atoms with Crippen LogP contribution >= 0.6 is 0 Å². The summed E-state index contributed by atoms with van der Waals surface area (Å²) in [6.07, 6.45) is 0. The van der Waals surface area contributed by atoms with Crippen LogP contribution in [-0.4, -0.2) is 29.2 Å². The fourth-order valence-corrected chi connectivity index (χ4v) is 2.64. The quantitative estimate of drug-likeness (QED) is 0.624. The van der Waals surface area contributed by atoms with E-state index in [-0.39, 0.29) is 5.92 Å². The highest BCUT2D eigenvalue weighted by Crippen LogP contribution is 2.22. The van der Waals surface area contributed by atoms with Gasteiger partial charge in [-0.15, -0.1) is 0 Å². The van der Waals surface area contributed by atoms with Gasteiger partial charge in [0.05, 0.1) is 11.4 Å². The molecule has 0 saturated heterocycles. The zero-order valence-electron chi connectivity index (χ0n) is 15.4. The smallest absolute Gasteiger partial charge is 0.216 e. The molecule has 2 N–H and O–H groups in total. The molecule has 2 aromatic rings. The monoisotopic (exact) mass is 333 g/mol. The summed E-state index contributed by atoms with van der Waals surface area (Å²) in [6.45, 7) is 13.9. The molecule has 0 aromatic carbocycles. The van der Waals surface area contributed by atoms with Crippen molar-refractivity contribution >= 4 is 5.96 Å². The molecule has 0 bridgehead atoms. The average molecular weight is 333 g/mol. The van der Waals surface area contributed by atoms with Crippen molar-refractivity contribution in [1.82, 2.24) is 20.8 Å². The van der Waals surface area contributed by atoms with Crippen molar-refractivity contribution in [1.29, 1.82) is 0 Å². The molecule has 2 rings (SSSR count). The van der Waals surface area contributed by atoms with E-state index in [2.05, 4.69) is 32.7 Å². The van der Waals surface area contributed by atoms with Crippen molar-refractivity contribution in [2.75, 3.05) is 13.1 Å². The normalized spacial score (nSPS) is 13.2. The van der Waals surface area contributed by atoms with E-state index >= 15 is 0 Å². The second-order valence-corrected chi connectivity index (χ2v) is 5.96. The fourth-order valence-electron chi connectivity index (χ4n) is 2.64. The predicted octanol–water partition coefficient (Wildman–Crippen LogP) is 2.76. The SMILES string of the molecule is CCNC(=NCc1nc(C)c(C)o1)NCC(C)c1c(C)noc1C. The van der Waals surface area contributed by atoms with E-state index in [1.807, 2.05) is 34.6 Å². The topological polar surface area (TPSA) is 88.5 Å². The first-order chi connectivity index (χ1) is 11.4. The Hall–Kier alpha value is -2.31. The number of hydrogen-bond acceptors (Lipinski definition) is 5. The maximum Gasteiger partial charge on any atom is 0.216 e. The van der Waals surface area contributed by atoms with Crippen molar-refractivity contribution < 1.29 is 8.94 Å². The second-order valence-electron chi connectivity index (χ2n) is 5.96. The van der Waals surface area contributed by atoms with Crippen molar-refractivity contribution in [3.8, 4) is 0 Å². The van der Waals surface area contributed by atoms with Gasteiger partial charge in [-0.25, -0.2) is 9.98 Å². The summed E-state index contributed by atoms with van der Waals surface area (Å²) in [6, 6.07) is 0. The van der Waals surface area contributed by atoms with Crippen LogP contribution in [0.25, 0.3) is 0 Å². The summed E-state index contributed by atoms with van der Waals surface area (Å²) >= 11 is 0. The number of nitrogens with zero attached hydrogens (tertiary/aromatic N) is 3. The molecule has 2 aromatic heterocycles. The van der Waals surface area contributed by atoms with Crippen LogP contribution in [0.2, 0.25) is 0 Å². The highest BCUT2D eigenvalue weighted by atomic mass is 16.5. The van der Waals surface area contributed by atoms with Crippen LogP contribution in [0.4, 0.5) is 0 Å². The summed E-state index contributed by atoms with van der Waals surface area (Å²) in [7, 11) is 0. The van der Waals surface area contributed by atoms with Crippen LogP contribution in [-0.2, 0) is 6.54 Å². The molecule has 0 saturated carbocycles. The number of nitrogens with one attached hydrogen (secondary N) is 2. The number of aryl methyl sites for hydroxylation is 4. The number of aliphatic imine (C=N–C) groups is 1. The van der Waals surface area contributed by atoms with Crippen molar-refractivity contribution in [2.24, 2.45) is 4.99 Å². The molecule has 0 aliphatic heterocycles. The fraction of sp³-hybridized carbons (Fsp3) is 0.588. The minimum Gasteiger partial charge on any atom is -0.444 e. The van der Waals surface area contributed by atoms with Gasteiger partial charge in [-0.05, 0) is 34.6 Å². The van der Waals surface area contributed by atoms with Gasteiger partial charge in [-0.2, -0.15) is 0 Å². The lowest BCUT2D eigenvalue weighted by molar-refractivity contribution is 0.391. The van der Waals surface area contributed by atoms with Gasteiger partial charge in [0.2, 0.25) is 5.89 Å². The van der Waals surface area contributed by atoms with Crippen molar-refractivity contribution in [3.63, 3.8) is 0 Å². The summed E-state index contributed by atoms with van der Waals surface area (Å²) in [5, 5.41) is 10.6. The van der Waals surface area contributed by atoms with E-state index in [0.717, 1.165) is 47.5 Å². The molecule has 1 atom stereocenters.